The van der Waals surface area contributed by atoms with Crippen LogP contribution < -0.4 is 5.32 Å². The van der Waals surface area contributed by atoms with Crippen molar-refractivity contribution < 1.29 is 14.4 Å². The predicted molar refractivity (Wildman–Crippen MR) is 94.9 cm³/mol. The normalized spacial score (nSPS) is 15.1. The highest BCUT2D eigenvalue weighted by atomic mass is 35.6. The molecule has 0 spiro atoms. The van der Waals surface area contributed by atoms with E-state index in [0.717, 1.165) is 4.90 Å². The summed E-state index contributed by atoms with van der Waals surface area (Å²) in [4.78, 5) is 38.4. The fraction of sp³-hybridized carbons (Fsp3) is 0.118. The number of nitrogens with one attached hydrogen (secondary N) is 1. The second-order valence-electron chi connectivity index (χ2n) is 5.31. The van der Waals surface area contributed by atoms with Crippen molar-refractivity contribution in [2.24, 2.45) is 0 Å². The minimum absolute atomic E-state index is 0.195. The molecule has 1 aliphatic heterocycles. The summed E-state index contributed by atoms with van der Waals surface area (Å²) in [7, 11) is 0. The summed E-state index contributed by atoms with van der Waals surface area (Å²) in [5, 5.41) is 2.46. The Balaban J connectivity index is 1.94. The molecule has 0 radical (unpaired) electrons. The van der Waals surface area contributed by atoms with Gasteiger partial charge in [0.25, 0.3) is 17.7 Å². The molecule has 128 valence electrons. The number of benzene rings is 2. The van der Waals surface area contributed by atoms with Crippen molar-refractivity contribution in [3.05, 3.63) is 71.3 Å². The number of imide groups is 1. The van der Waals surface area contributed by atoms with Crippen LogP contribution >= 0.6 is 34.8 Å². The Morgan fingerprint density at radius 1 is 0.880 bits per heavy atom. The van der Waals surface area contributed by atoms with E-state index in [9.17, 15) is 14.4 Å². The number of carbonyl (C=O) groups is 3. The van der Waals surface area contributed by atoms with E-state index in [1.165, 1.54) is 12.1 Å². The van der Waals surface area contributed by atoms with Gasteiger partial charge in [-0.2, -0.15) is 0 Å². The topological polar surface area (TPSA) is 66.5 Å². The molecular formula is C17H11Cl3N2O3. The van der Waals surface area contributed by atoms with Crippen molar-refractivity contribution in [1.82, 2.24) is 10.2 Å². The maximum Gasteiger partial charge on any atom is 0.263 e. The number of fused-ring (bicyclic) bond motifs is 1. The second-order valence-corrected chi connectivity index (χ2v) is 7.68. The number of halogens is 3. The maximum atomic E-state index is 12.6. The molecule has 0 unspecified atom stereocenters. The molecule has 1 heterocycles. The summed E-state index contributed by atoms with van der Waals surface area (Å²) in [6.07, 6.45) is -1.46. The van der Waals surface area contributed by atoms with Crippen LogP contribution in [-0.2, 0) is 0 Å². The highest BCUT2D eigenvalue weighted by molar-refractivity contribution is 6.68. The zero-order chi connectivity index (χ0) is 18.2. The zero-order valence-corrected chi connectivity index (χ0v) is 14.8. The summed E-state index contributed by atoms with van der Waals surface area (Å²) >= 11 is 17.9. The van der Waals surface area contributed by atoms with Crippen LogP contribution in [-0.4, -0.2) is 32.6 Å². The number of hydrogen-bond donors (Lipinski definition) is 1. The molecule has 3 rings (SSSR count). The molecule has 8 heteroatoms. The van der Waals surface area contributed by atoms with E-state index in [0.29, 0.717) is 5.56 Å². The van der Waals surface area contributed by atoms with Crippen LogP contribution in [0.5, 0.6) is 0 Å². The molecule has 5 nitrogen and oxygen atoms in total. The quantitative estimate of drug-likeness (QED) is 0.637. The number of hydrogen-bond acceptors (Lipinski definition) is 3. The molecule has 3 amide bonds. The standard InChI is InChI=1S/C17H11Cl3N2O3/c18-17(19,20)16(21-13(23)10-6-2-1-3-7-10)22-14(24)11-8-4-5-9-12(11)15(22)25/h1-9,16H,(H,21,23)/t16-/m1/s1. The second kappa shape index (κ2) is 6.67. The van der Waals surface area contributed by atoms with E-state index in [4.69, 9.17) is 34.8 Å². The van der Waals surface area contributed by atoms with Gasteiger partial charge in [0.15, 0.2) is 6.17 Å². The Bertz CT molecular complexity index is 815. The van der Waals surface area contributed by atoms with E-state index in [-0.39, 0.29) is 11.1 Å². The van der Waals surface area contributed by atoms with Crippen LogP contribution in [0, 0.1) is 0 Å². The molecule has 1 N–H and O–H groups in total. The summed E-state index contributed by atoms with van der Waals surface area (Å²) in [6.45, 7) is 0. The van der Waals surface area contributed by atoms with E-state index >= 15 is 0 Å². The minimum Gasteiger partial charge on any atom is -0.328 e. The molecule has 1 atom stereocenters. The van der Waals surface area contributed by atoms with Crippen LogP contribution in [0.4, 0.5) is 0 Å². The van der Waals surface area contributed by atoms with Gasteiger partial charge in [-0.3, -0.25) is 14.4 Å². The van der Waals surface area contributed by atoms with Gasteiger partial charge in [0, 0.05) is 5.56 Å². The van der Waals surface area contributed by atoms with Crippen molar-refractivity contribution in [2.45, 2.75) is 9.96 Å². The maximum absolute atomic E-state index is 12.6. The number of alkyl halides is 3. The zero-order valence-electron chi connectivity index (χ0n) is 12.6. The lowest BCUT2D eigenvalue weighted by molar-refractivity contribution is 0.0544. The van der Waals surface area contributed by atoms with Gasteiger partial charge in [-0.25, -0.2) is 4.90 Å². The van der Waals surface area contributed by atoms with Gasteiger partial charge < -0.3 is 5.32 Å². The third-order valence-corrected chi connectivity index (χ3v) is 4.32. The molecule has 2 aromatic carbocycles. The Labute approximate surface area is 158 Å². The number of nitrogens with zero attached hydrogens (tertiary/aromatic N) is 1. The molecule has 2 aromatic rings. The number of amides is 3. The van der Waals surface area contributed by atoms with Crippen LogP contribution in [0.25, 0.3) is 0 Å². The lowest BCUT2D eigenvalue weighted by atomic mass is 10.1. The third-order valence-electron chi connectivity index (χ3n) is 3.70. The fourth-order valence-electron chi connectivity index (χ4n) is 2.53. The molecule has 0 bridgehead atoms. The Morgan fingerprint density at radius 3 is 1.84 bits per heavy atom. The van der Waals surface area contributed by atoms with Crippen LogP contribution in [0.1, 0.15) is 31.1 Å². The van der Waals surface area contributed by atoms with Crippen molar-refractivity contribution in [3.8, 4) is 0 Å². The van der Waals surface area contributed by atoms with Gasteiger partial charge in [-0.1, -0.05) is 65.1 Å². The van der Waals surface area contributed by atoms with E-state index in [2.05, 4.69) is 5.32 Å². The van der Waals surface area contributed by atoms with Crippen molar-refractivity contribution >= 4 is 52.5 Å². The van der Waals surface area contributed by atoms with Crippen LogP contribution in [0.15, 0.2) is 54.6 Å². The van der Waals surface area contributed by atoms with Gasteiger partial charge in [-0.15, -0.1) is 0 Å². The van der Waals surface area contributed by atoms with E-state index in [1.54, 1.807) is 42.5 Å². The molecule has 0 aromatic heterocycles. The molecule has 0 aliphatic carbocycles. The SMILES string of the molecule is O=C(N[C@H](N1C(=O)c2ccccc2C1=O)C(Cl)(Cl)Cl)c1ccccc1. The molecule has 0 saturated carbocycles. The van der Waals surface area contributed by atoms with E-state index < -0.39 is 27.7 Å². The lowest BCUT2D eigenvalue weighted by Crippen LogP contribution is -2.57. The Morgan fingerprint density at radius 2 is 1.36 bits per heavy atom. The highest BCUT2D eigenvalue weighted by Crippen LogP contribution is 2.36. The molecular weight excluding hydrogens is 387 g/mol. The first-order valence-corrected chi connectivity index (χ1v) is 8.33. The van der Waals surface area contributed by atoms with Gasteiger partial charge in [0.2, 0.25) is 3.79 Å². The number of carbonyl (C=O) groups excluding carboxylic acids is 3. The minimum atomic E-state index is -2.11. The van der Waals surface area contributed by atoms with Crippen LogP contribution in [0.2, 0.25) is 0 Å². The molecule has 0 saturated heterocycles. The number of rotatable bonds is 3. The summed E-state index contributed by atoms with van der Waals surface area (Å²) in [5.41, 5.74) is 0.694. The fourth-order valence-corrected chi connectivity index (χ4v) is 2.99. The first kappa shape index (κ1) is 17.7. The summed E-state index contributed by atoms with van der Waals surface area (Å²) in [6, 6.07) is 14.5. The van der Waals surface area contributed by atoms with Crippen molar-refractivity contribution in [1.29, 1.82) is 0 Å². The first-order valence-electron chi connectivity index (χ1n) is 7.20. The molecule has 25 heavy (non-hydrogen) atoms. The Kier molecular flexibility index (Phi) is 4.73. The summed E-state index contributed by atoms with van der Waals surface area (Å²) < 4.78 is -2.11. The average Bonchev–Trinajstić information content (AvgIpc) is 2.84. The van der Waals surface area contributed by atoms with E-state index in [1.807, 2.05) is 0 Å². The Hall–Kier alpha value is -2.08. The predicted octanol–water partition coefficient (Wildman–Crippen LogP) is 3.41. The van der Waals surface area contributed by atoms with Gasteiger partial charge in [-0.05, 0) is 24.3 Å². The largest absolute Gasteiger partial charge is 0.328 e. The van der Waals surface area contributed by atoms with Gasteiger partial charge in [0.1, 0.15) is 0 Å². The smallest absolute Gasteiger partial charge is 0.263 e. The van der Waals surface area contributed by atoms with Gasteiger partial charge >= 0.3 is 0 Å². The van der Waals surface area contributed by atoms with Crippen molar-refractivity contribution in [3.63, 3.8) is 0 Å². The van der Waals surface area contributed by atoms with Crippen molar-refractivity contribution in [2.75, 3.05) is 0 Å². The first-order chi connectivity index (χ1) is 11.8. The summed E-state index contributed by atoms with van der Waals surface area (Å²) in [5.74, 6) is -1.84. The highest BCUT2D eigenvalue weighted by Gasteiger charge is 2.48. The average molecular weight is 398 g/mol. The molecule has 1 aliphatic rings. The lowest BCUT2D eigenvalue weighted by Gasteiger charge is -2.32. The van der Waals surface area contributed by atoms with Gasteiger partial charge in [0.05, 0.1) is 11.1 Å². The molecule has 0 fully saturated rings. The third kappa shape index (κ3) is 3.35. The van der Waals surface area contributed by atoms with Crippen LogP contribution in [0.3, 0.4) is 0 Å². The monoisotopic (exact) mass is 396 g/mol.